The molecule has 2 fully saturated rings. The Morgan fingerprint density at radius 2 is 1.79 bits per heavy atom. The third-order valence-corrected chi connectivity index (χ3v) is 5.96. The van der Waals surface area contributed by atoms with Crippen LogP contribution < -0.4 is 0 Å². The average Bonchev–Trinajstić information content (AvgIpc) is 3.02. The normalized spacial score (nSPS) is 31.2. The van der Waals surface area contributed by atoms with Gasteiger partial charge in [-0.15, -0.1) is 4.40 Å². The Morgan fingerprint density at radius 3 is 2.53 bits per heavy atom. The van der Waals surface area contributed by atoms with Crippen molar-refractivity contribution in [3.05, 3.63) is 29.8 Å². The smallest absolute Gasteiger partial charge is 0.285 e. The molecule has 4 nitrogen and oxygen atoms in total. The molecule has 0 spiro atoms. The number of likely N-dealkylation sites (tertiary alicyclic amines) is 1. The van der Waals surface area contributed by atoms with E-state index in [1.807, 2.05) is 12.1 Å². The van der Waals surface area contributed by atoms with Crippen molar-refractivity contribution in [2.24, 2.45) is 16.2 Å². The minimum atomic E-state index is -3.47. The maximum atomic E-state index is 12.1. The minimum absolute atomic E-state index is 0.363. The van der Waals surface area contributed by atoms with Gasteiger partial charge in [0.15, 0.2) is 5.84 Å². The molecule has 0 radical (unpaired) electrons. The highest BCUT2D eigenvalue weighted by Crippen LogP contribution is 2.39. The number of hydrogen-bond acceptors (Lipinski definition) is 3. The lowest BCUT2D eigenvalue weighted by Crippen LogP contribution is -2.29. The van der Waals surface area contributed by atoms with Crippen molar-refractivity contribution in [3.8, 4) is 0 Å². The summed E-state index contributed by atoms with van der Waals surface area (Å²) in [4.78, 5) is 2.54. The van der Waals surface area contributed by atoms with Gasteiger partial charge in [0.2, 0.25) is 0 Å². The molecular weight excluding hydrogens is 260 g/mol. The standard InChI is InChI=1S/C14H16N2O2S/c17-19(18)13-7-2-1-6-12(13)14(15-19)16-8-10-4-3-5-11(10)9-16/h1-2,6-7,10-11H,3-5,8-9H2. The second-order valence-electron chi connectivity index (χ2n) is 5.74. The Hall–Kier alpha value is -1.36. The summed E-state index contributed by atoms with van der Waals surface area (Å²) in [5.41, 5.74) is 0.780. The molecule has 1 aliphatic carbocycles. The summed E-state index contributed by atoms with van der Waals surface area (Å²) in [5.74, 6) is 2.14. The van der Waals surface area contributed by atoms with Crippen LogP contribution in [0, 0.1) is 11.8 Å². The van der Waals surface area contributed by atoms with Crippen molar-refractivity contribution in [2.75, 3.05) is 13.1 Å². The van der Waals surface area contributed by atoms with Gasteiger partial charge in [-0.05, 0) is 36.8 Å². The molecule has 1 saturated heterocycles. The predicted octanol–water partition coefficient (Wildman–Crippen LogP) is 1.87. The largest absolute Gasteiger partial charge is 0.355 e. The first-order chi connectivity index (χ1) is 9.15. The first-order valence-electron chi connectivity index (χ1n) is 6.84. The first kappa shape index (κ1) is 11.5. The quantitative estimate of drug-likeness (QED) is 0.727. The van der Waals surface area contributed by atoms with Crippen molar-refractivity contribution in [1.82, 2.24) is 4.90 Å². The molecular formula is C14H16N2O2S. The molecule has 19 heavy (non-hydrogen) atoms. The number of nitrogens with zero attached hydrogens (tertiary/aromatic N) is 2. The van der Waals surface area contributed by atoms with Gasteiger partial charge in [-0.25, -0.2) is 0 Å². The van der Waals surface area contributed by atoms with Gasteiger partial charge in [0.05, 0.1) is 0 Å². The van der Waals surface area contributed by atoms with E-state index in [0.29, 0.717) is 10.7 Å². The Labute approximate surface area is 113 Å². The Morgan fingerprint density at radius 1 is 1.11 bits per heavy atom. The molecule has 2 heterocycles. The van der Waals surface area contributed by atoms with E-state index in [1.165, 1.54) is 19.3 Å². The molecule has 0 bridgehead atoms. The van der Waals surface area contributed by atoms with E-state index >= 15 is 0 Å². The summed E-state index contributed by atoms with van der Waals surface area (Å²) in [6.07, 6.45) is 3.89. The monoisotopic (exact) mass is 276 g/mol. The predicted molar refractivity (Wildman–Crippen MR) is 72.6 cm³/mol. The van der Waals surface area contributed by atoms with Crippen molar-refractivity contribution in [1.29, 1.82) is 0 Å². The van der Waals surface area contributed by atoms with Gasteiger partial charge >= 0.3 is 0 Å². The van der Waals surface area contributed by atoms with Gasteiger partial charge in [-0.2, -0.15) is 8.42 Å². The molecule has 0 aromatic heterocycles. The molecule has 4 rings (SSSR count). The van der Waals surface area contributed by atoms with Gasteiger partial charge < -0.3 is 4.90 Å². The Balaban J connectivity index is 1.74. The van der Waals surface area contributed by atoms with E-state index in [-0.39, 0.29) is 0 Å². The summed E-state index contributed by atoms with van der Waals surface area (Å²) in [5, 5.41) is 0. The van der Waals surface area contributed by atoms with Gasteiger partial charge in [0.1, 0.15) is 4.90 Å². The van der Waals surface area contributed by atoms with Crippen LogP contribution in [0.4, 0.5) is 0 Å². The lowest BCUT2D eigenvalue weighted by atomic mass is 10.0. The van der Waals surface area contributed by atoms with Crippen LogP contribution in [0.15, 0.2) is 33.6 Å². The molecule has 1 aromatic carbocycles. The van der Waals surface area contributed by atoms with Gasteiger partial charge in [-0.3, -0.25) is 0 Å². The number of sulfonamides is 1. The van der Waals surface area contributed by atoms with E-state index < -0.39 is 10.0 Å². The Kier molecular flexibility index (Phi) is 2.31. The molecule has 100 valence electrons. The number of amidine groups is 1. The van der Waals surface area contributed by atoms with Crippen LogP contribution in [-0.4, -0.2) is 32.2 Å². The number of rotatable bonds is 0. The van der Waals surface area contributed by atoms with Crippen LogP contribution in [-0.2, 0) is 10.0 Å². The molecule has 0 amide bonds. The maximum Gasteiger partial charge on any atom is 0.285 e. The molecule has 5 heteroatoms. The number of hydrogen-bond donors (Lipinski definition) is 0. The van der Waals surface area contributed by atoms with Crippen LogP contribution in [0.5, 0.6) is 0 Å². The fraction of sp³-hybridized carbons (Fsp3) is 0.500. The highest BCUT2D eigenvalue weighted by molar-refractivity contribution is 7.90. The number of fused-ring (bicyclic) bond motifs is 2. The van der Waals surface area contributed by atoms with Gasteiger partial charge in [0, 0.05) is 18.7 Å². The van der Waals surface area contributed by atoms with Crippen LogP contribution >= 0.6 is 0 Å². The van der Waals surface area contributed by atoms with Gasteiger partial charge in [0.25, 0.3) is 10.0 Å². The van der Waals surface area contributed by atoms with Crippen LogP contribution in [0.1, 0.15) is 24.8 Å². The third-order valence-electron chi connectivity index (χ3n) is 4.64. The summed E-state index contributed by atoms with van der Waals surface area (Å²) >= 11 is 0. The van der Waals surface area contributed by atoms with E-state index in [2.05, 4.69) is 9.30 Å². The lowest BCUT2D eigenvalue weighted by molar-refractivity contribution is 0.466. The van der Waals surface area contributed by atoms with E-state index in [9.17, 15) is 8.42 Å². The zero-order valence-corrected chi connectivity index (χ0v) is 11.4. The topological polar surface area (TPSA) is 49.7 Å². The summed E-state index contributed by atoms with van der Waals surface area (Å²) in [7, 11) is -3.47. The van der Waals surface area contributed by atoms with Crippen molar-refractivity contribution < 1.29 is 8.42 Å². The van der Waals surface area contributed by atoms with E-state index in [0.717, 1.165) is 30.5 Å². The second kappa shape index (κ2) is 3.82. The SMILES string of the molecule is O=S1(=O)N=C(N2CC3CCCC3C2)c2ccccc21. The zero-order chi connectivity index (χ0) is 13.0. The van der Waals surface area contributed by atoms with Gasteiger partial charge in [-0.1, -0.05) is 18.6 Å². The van der Waals surface area contributed by atoms with Crippen LogP contribution in [0.3, 0.4) is 0 Å². The molecule has 3 aliphatic rings. The highest BCUT2D eigenvalue weighted by atomic mass is 32.2. The second-order valence-corrected chi connectivity index (χ2v) is 7.31. The zero-order valence-electron chi connectivity index (χ0n) is 10.6. The van der Waals surface area contributed by atoms with E-state index in [1.54, 1.807) is 12.1 Å². The number of benzene rings is 1. The van der Waals surface area contributed by atoms with Crippen molar-refractivity contribution in [3.63, 3.8) is 0 Å². The minimum Gasteiger partial charge on any atom is -0.355 e. The fourth-order valence-corrected chi connectivity index (χ4v) is 4.95. The summed E-state index contributed by atoms with van der Waals surface area (Å²) in [6.45, 7) is 1.93. The third kappa shape index (κ3) is 1.64. The Bertz CT molecular complexity index is 654. The molecule has 2 unspecified atom stereocenters. The molecule has 1 aromatic rings. The molecule has 0 N–H and O–H groups in total. The van der Waals surface area contributed by atoms with Crippen molar-refractivity contribution >= 4 is 15.9 Å². The van der Waals surface area contributed by atoms with Crippen LogP contribution in [0.2, 0.25) is 0 Å². The maximum absolute atomic E-state index is 12.1. The highest BCUT2D eigenvalue weighted by Gasteiger charge is 2.40. The molecule has 2 atom stereocenters. The van der Waals surface area contributed by atoms with E-state index in [4.69, 9.17) is 0 Å². The van der Waals surface area contributed by atoms with Crippen LogP contribution in [0.25, 0.3) is 0 Å². The summed E-state index contributed by atoms with van der Waals surface area (Å²) in [6, 6.07) is 7.16. The summed E-state index contributed by atoms with van der Waals surface area (Å²) < 4.78 is 28.1. The molecule has 2 aliphatic heterocycles. The average molecular weight is 276 g/mol. The fourth-order valence-electron chi connectivity index (χ4n) is 3.72. The van der Waals surface area contributed by atoms with Crippen molar-refractivity contribution in [2.45, 2.75) is 24.2 Å². The first-order valence-corrected chi connectivity index (χ1v) is 8.28. The lowest BCUT2D eigenvalue weighted by Gasteiger charge is -2.19. The molecule has 1 saturated carbocycles.